The van der Waals surface area contributed by atoms with Crippen molar-refractivity contribution < 1.29 is 4.79 Å². The summed E-state index contributed by atoms with van der Waals surface area (Å²) in [7, 11) is 0. The first-order chi connectivity index (χ1) is 8.74. The van der Waals surface area contributed by atoms with Crippen LogP contribution in [-0.4, -0.2) is 38.7 Å². The molecule has 7 nitrogen and oxygen atoms in total. The Balaban J connectivity index is 1.93. The number of halogens is 1. The predicted molar refractivity (Wildman–Crippen MR) is 66.3 cm³/mol. The van der Waals surface area contributed by atoms with Crippen LogP contribution in [0.3, 0.4) is 0 Å². The van der Waals surface area contributed by atoms with Crippen molar-refractivity contribution in [3.63, 3.8) is 0 Å². The second kappa shape index (κ2) is 4.41. The summed E-state index contributed by atoms with van der Waals surface area (Å²) in [6, 6.07) is -0.289. The van der Waals surface area contributed by atoms with E-state index in [-0.39, 0.29) is 17.2 Å². The first-order valence-corrected chi connectivity index (χ1v) is 6.03. The second-order valence-corrected chi connectivity index (χ2v) is 4.44. The number of nitrogens with zero attached hydrogens (tertiary/aromatic N) is 3. The van der Waals surface area contributed by atoms with Gasteiger partial charge in [-0.25, -0.2) is 0 Å². The molecule has 0 spiro atoms. The second-order valence-electron chi connectivity index (χ2n) is 4.10. The van der Waals surface area contributed by atoms with E-state index >= 15 is 0 Å². The fourth-order valence-corrected chi connectivity index (χ4v) is 2.16. The monoisotopic (exact) mass is 266 g/mol. The van der Waals surface area contributed by atoms with Gasteiger partial charge in [-0.3, -0.25) is 9.89 Å². The lowest BCUT2D eigenvalue weighted by Gasteiger charge is -2.23. The molecule has 1 aliphatic rings. The third kappa shape index (κ3) is 1.97. The summed E-state index contributed by atoms with van der Waals surface area (Å²) in [5.41, 5.74) is 0.550. The number of carbonyl (C=O) groups is 1. The van der Waals surface area contributed by atoms with E-state index in [2.05, 4.69) is 30.8 Å². The zero-order valence-corrected chi connectivity index (χ0v) is 10.2. The smallest absolute Gasteiger partial charge is 0.242 e. The van der Waals surface area contributed by atoms with Gasteiger partial charge in [0.1, 0.15) is 11.9 Å². The number of hydrogen-bond donors (Lipinski definition) is 3. The van der Waals surface area contributed by atoms with Crippen LogP contribution in [0.4, 0.5) is 5.82 Å². The molecule has 0 radical (unpaired) electrons. The van der Waals surface area contributed by atoms with Gasteiger partial charge in [0.15, 0.2) is 5.65 Å². The molecule has 1 aliphatic heterocycles. The molecule has 1 amide bonds. The van der Waals surface area contributed by atoms with Gasteiger partial charge in [0.25, 0.3) is 0 Å². The Labute approximate surface area is 107 Å². The zero-order chi connectivity index (χ0) is 12.5. The molecule has 1 unspecified atom stereocenters. The van der Waals surface area contributed by atoms with E-state index in [1.165, 1.54) is 0 Å². The van der Waals surface area contributed by atoms with Gasteiger partial charge in [-0.15, -0.1) is 0 Å². The van der Waals surface area contributed by atoms with Crippen molar-refractivity contribution in [1.82, 2.24) is 25.5 Å². The molecule has 94 valence electrons. The number of aromatic amines is 1. The van der Waals surface area contributed by atoms with Crippen molar-refractivity contribution >= 4 is 34.4 Å². The molecular weight excluding hydrogens is 256 g/mol. The Kier molecular flexibility index (Phi) is 2.75. The normalized spacial score (nSPS) is 19.8. The molecule has 0 bridgehead atoms. The van der Waals surface area contributed by atoms with Crippen LogP contribution in [0.1, 0.15) is 12.8 Å². The van der Waals surface area contributed by atoms with Crippen LogP contribution in [0.2, 0.25) is 5.28 Å². The van der Waals surface area contributed by atoms with Crippen molar-refractivity contribution in [2.24, 2.45) is 0 Å². The lowest BCUT2D eigenvalue weighted by Crippen LogP contribution is -2.44. The van der Waals surface area contributed by atoms with Crippen LogP contribution in [0.25, 0.3) is 11.0 Å². The van der Waals surface area contributed by atoms with Gasteiger partial charge < -0.3 is 10.6 Å². The van der Waals surface area contributed by atoms with Crippen LogP contribution in [0.15, 0.2) is 6.20 Å². The standard InChI is InChI=1S/C10H11ClN6O/c11-10-15-7(5-4-13-17-8(5)16-10)14-6-2-1-3-12-9(6)18/h4,6H,1-3H2,(H,12,18)(H2,13,14,15,16,17). The first-order valence-electron chi connectivity index (χ1n) is 5.65. The Bertz CT molecular complexity index is 597. The van der Waals surface area contributed by atoms with E-state index in [1.807, 2.05) is 0 Å². The van der Waals surface area contributed by atoms with Crippen molar-refractivity contribution in [3.8, 4) is 0 Å². The highest BCUT2D eigenvalue weighted by Crippen LogP contribution is 2.21. The van der Waals surface area contributed by atoms with Crippen molar-refractivity contribution in [2.45, 2.75) is 18.9 Å². The first kappa shape index (κ1) is 11.2. The van der Waals surface area contributed by atoms with Gasteiger partial charge in [0.2, 0.25) is 11.2 Å². The van der Waals surface area contributed by atoms with Gasteiger partial charge in [-0.05, 0) is 24.4 Å². The van der Waals surface area contributed by atoms with Crippen LogP contribution in [-0.2, 0) is 4.79 Å². The molecular formula is C10H11ClN6O. The number of aromatic nitrogens is 4. The van der Waals surface area contributed by atoms with E-state index in [0.29, 0.717) is 11.5 Å². The summed E-state index contributed by atoms with van der Waals surface area (Å²) < 4.78 is 0. The van der Waals surface area contributed by atoms with Gasteiger partial charge in [0, 0.05) is 6.54 Å². The van der Waals surface area contributed by atoms with E-state index in [4.69, 9.17) is 11.6 Å². The highest BCUT2D eigenvalue weighted by atomic mass is 35.5. The molecule has 0 saturated carbocycles. The highest BCUT2D eigenvalue weighted by Gasteiger charge is 2.23. The molecule has 3 heterocycles. The summed E-state index contributed by atoms with van der Waals surface area (Å²) in [5.74, 6) is 0.508. The quantitative estimate of drug-likeness (QED) is 0.696. The molecule has 18 heavy (non-hydrogen) atoms. The molecule has 8 heteroatoms. The third-order valence-electron chi connectivity index (χ3n) is 2.88. The minimum absolute atomic E-state index is 0.0207. The molecule has 1 fully saturated rings. The fourth-order valence-electron chi connectivity index (χ4n) is 1.99. The van der Waals surface area contributed by atoms with E-state index in [9.17, 15) is 4.79 Å². The van der Waals surface area contributed by atoms with Crippen molar-refractivity contribution in [2.75, 3.05) is 11.9 Å². The van der Waals surface area contributed by atoms with Crippen molar-refractivity contribution in [1.29, 1.82) is 0 Å². The van der Waals surface area contributed by atoms with Gasteiger partial charge in [-0.2, -0.15) is 15.1 Å². The Morgan fingerprint density at radius 2 is 2.33 bits per heavy atom. The summed E-state index contributed by atoms with van der Waals surface area (Å²) in [6.45, 7) is 0.725. The number of fused-ring (bicyclic) bond motifs is 1. The lowest BCUT2D eigenvalue weighted by atomic mass is 10.1. The third-order valence-corrected chi connectivity index (χ3v) is 3.05. The summed E-state index contributed by atoms with van der Waals surface area (Å²) in [5, 5.41) is 13.3. The average Bonchev–Trinajstić information content (AvgIpc) is 2.80. The van der Waals surface area contributed by atoms with Crippen molar-refractivity contribution in [3.05, 3.63) is 11.5 Å². The molecule has 1 saturated heterocycles. The van der Waals surface area contributed by atoms with Crippen LogP contribution < -0.4 is 10.6 Å². The van der Waals surface area contributed by atoms with Crippen LogP contribution >= 0.6 is 11.6 Å². The maximum Gasteiger partial charge on any atom is 0.242 e. The van der Waals surface area contributed by atoms with Gasteiger partial charge >= 0.3 is 0 Å². The maximum atomic E-state index is 11.7. The topological polar surface area (TPSA) is 95.6 Å². The zero-order valence-electron chi connectivity index (χ0n) is 9.40. The Hall–Kier alpha value is -1.89. The number of amides is 1. The van der Waals surface area contributed by atoms with Crippen LogP contribution in [0, 0.1) is 0 Å². The van der Waals surface area contributed by atoms with E-state index in [1.54, 1.807) is 6.20 Å². The van der Waals surface area contributed by atoms with E-state index in [0.717, 1.165) is 24.8 Å². The maximum absolute atomic E-state index is 11.7. The molecule has 2 aromatic heterocycles. The van der Waals surface area contributed by atoms with E-state index < -0.39 is 0 Å². The number of piperidine rings is 1. The molecule has 0 aromatic carbocycles. The number of carbonyl (C=O) groups excluding carboxylic acids is 1. The average molecular weight is 267 g/mol. The lowest BCUT2D eigenvalue weighted by molar-refractivity contribution is -0.123. The SMILES string of the molecule is O=C1NCCCC1Nc1nc(Cl)nc2[nH]ncc12. The van der Waals surface area contributed by atoms with Crippen LogP contribution in [0.5, 0.6) is 0 Å². The largest absolute Gasteiger partial charge is 0.358 e. The molecule has 1 atom stereocenters. The van der Waals surface area contributed by atoms with Gasteiger partial charge in [0.05, 0.1) is 11.6 Å². The fraction of sp³-hybridized carbons (Fsp3) is 0.400. The summed E-state index contributed by atoms with van der Waals surface area (Å²) >= 11 is 5.82. The number of H-pyrrole nitrogens is 1. The Morgan fingerprint density at radius 1 is 1.44 bits per heavy atom. The Morgan fingerprint density at radius 3 is 3.17 bits per heavy atom. The molecule has 2 aromatic rings. The number of hydrogen-bond acceptors (Lipinski definition) is 5. The number of nitrogens with one attached hydrogen (secondary N) is 3. The highest BCUT2D eigenvalue weighted by molar-refractivity contribution is 6.28. The molecule has 3 N–H and O–H groups in total. The van der Waals surface area contributed by atoms with Gasteiger partial charge in [-0.1, -0.05) is 0 Å². The predicted octanol–water partition coefficient (Wildman–Crippen LogP) is 0.697. The minimum Gasteiger partial charge on any atom is -0.358 e. The number of anilines is 1. The molecule has 0 aliphatic carbocycles. The molecule has 3 rings (SSSR count). The minimum atomic E-state index is -0.289. The number of rotatable bonds is 2. The summed E-state index contributed by atoms with van der Waals surface area (Å²) in [6.07, 6.45) is 3.32. The summed E-state index contributed by atoms with van der Waals surface area (Å²) in [4.78, 5) is 19.8.